The summed E-state index contributed by atoms with van der Waals surface area (Å²) in [6.07, 6.45) is 0. The molecule has 0 aromatic carbocycles. The number of nitrogens with one attached hydrogen (secondary N) is 2. The lowest BCUT2D eigenvalue weighted by molar-refractivity contribution is -0.146. The fourth-order valence-corrected chi connectivity index (χ4v) is 3.48. The van der Waals surface area contributed by atoms with E-state index in [-0.39, 0.29) is 31.2 Å². The quantitative estimate of drug-likeness (QED) is 0.143. The molecule has 0 radical (unpaired) electrons. The van der Waals surface area contributed by atoms with Crippen molar-refractivity contribution in [3.05, 3.63) is 0 Å². The molecule has 10 nitrogen and oxygen atoms in total. The van der Waals surface area contributed by atoms with Gasteiger partial charge in [0.25, 0.3) is 0 Å². The molecule has 2 amide bonds. The molecule has 0 saturated heterocycles. The van der Waals surface area contributed by atoms with Crippen molar-refractivity contribution in [2.24, 2.45) is 11.5 Å². The van der Waals surface area contributed by atoms with Crippen molar-refractivity contribution in [3.63, 3.8) is 0 Å². The summed E-state index contributed by atoms with van der Waals surface area (Å²) in [4.78, 5) is 45.1. The van der Waals surface area contributed by atoms with Crippen molar-refractivity contribution in [2.45, 2.75) is 19.0 Å². The molecule has 0 aliphatic rings. The van der Waals surface area contributed by atoms with Gasteiger partial charge in [-0.15, -0.1) is 0 Å². The van der Waals surface area contributed by atoms with Gasteiger partial charge in [0.15, 0.2) is 0 Å². The number of carbonyl (C=O) groups excluding carboxylic acids is 3. The number of ether oxygens (including phenoxy) is 1. The first kappa shape index (κ1) is 22.5. The second kappa shape index (κ2) is 12.9. The van der Waals surface area contributed by atoms with E-state index in [1.807, 2.05) is 0 Å². The predicted octanol–water partition coefficient (Wildman–Crippen LogP) is -2.10. The molecular formula is C12H22N4O6S2. The Hall–Kier alpha value is -1.50. The van der Waals surface area contributed by atoms with Crippen LogP contribution in [0.3, 0.4) is 0 Å². The van der Waals surface area contributed by atoms with Gasteiger partial charge in [-0.1, -0.05) is 21.6 Å². The normalized spacial score (nSPS) is 12.8. The zero-order valence-electron chi connectivity index (χ0n) is 13.1. The number of rotatable bonds is 12. The Morgan fingerprint density at radius 2 is 1.79 bits per heavy atom. The smallest absolute Gasteiger partial charge is 0.329 e. The third kappa shape index (κ3) is 10.3. The van der Waals surface area contributed by atoms with Crippen molar-refractivity contribution in [3.8, 4) is 0 Å². The zero-order chi connectivity index (χ0) is 18.5. The van der Waals surface area contributed by atoms with Gasteiger partial charge < -0.3 is 31.9 Å². The topological polar surface area (TPSA) is 174 Å². The van der Waals surface area contributed by atoms with E-state index >= 15 is 0 Å². The van der Waals surface area contributed by atoms with Crippen LogP contribution in [-0.2, 0) is 23.9 Å². The highest BCUT2D eigenvalue weighted by Gasteiger charge is 2.23. The summed E-state index contributed by atoms with van der Waals surface area (Å²) in [7, 11) is 2.35. The maximum atomic E-state index is 11.8. The number of aliphatic carboxylic acids is 1. The number of carboxylic acids is 1. The van der Waals surface area contributed by atoms with E-state index in [4.69, 9.17) is 21.3 Å². The molecule has 0 spiro atoms. The molecule has 0 aromatic heterocycles. The van der Waals surface area contributed by atoms with Gasteiger partial charge in [-0.25, -0.2) is 4.79 Å². The van der Waals surface area contributed by atoms with Crippen molar-refractivity contribution in [2.75, 3.05) is 31.2 Å². The van der Waals surface area contributed by atoms with E-state index in [1.54, 1.807) is 6.92 Å². The van der Waals surface area contributed by atoms with E-state index in [0.29, 0.717) is 0 Å². The summed E-state index contributed by atoms with van der Waals surface area (Å²) < 4.78 is 4.87. The highest BCUT2D eigenvalue weighted by molar-refractivity contribution is 8.76. The van der Waals surface area contributed by atoms with Crippen LogP contribution in [0.1, 0.15) is 6.92 Å². The summed E-state index contributed by atoms with van der Waals surface area (Å²) in [5.74, 6) is -2.49. The van der Waals surface area contributed by atoms with Crippen LogP contribution < -0.4 is 22.1 Å². The molecule has 0 aliphatic heterocycles. The highest BCUT2D eigenvalue weighted by atomic mass is 33.1. The SMILES string of the molecule is CCOC(=O)[C@H](CSSCC(N)C(=O)O)NC(=O)CNC(=O)CN. The number of carboxylic acid groups (broad SMARTS) is 1. The standard InChI is InChI=1S/C12H22N4O6S2/c1-2-22-12(21)8(6-24-23-5-7(14)11(19)20)16-10(18)4-15-9(17)3-13/h7-8H,2-6,13-14H2,1H3,(H,15,17)(H,16,18)(H,19,20)/t7?,8-/m0/s1. The van der Waals surface area contributed by atoms with Crippen LogP contribution in [0, 0.1) is 0 Å². The fraction of sp³-hybridized carbons (Fsp3) is 0.667. The predicted molar refractivity (Wildman–Crippen MR) is 91.2 cm³/mol. The molecule has 0 heterocycles. The zero-order valence-corrected chi connectivity index (χ0v) is 14.8. The lowest BCUT2D eigenvalue weighted by Crippen LogP contribution is -2.48. The van der Waals surface area contributed by atoms with E-state index in [1.165, 1.54) is 21.6 Å². The summed E-state index contributed by atoms with van der Waals surface area (Å²) in [6, 6.07) is -1.93. The lowest BCUT2D eigenvalue weighted by Gasteiger charge is -2.17. The van der Waals surface area contributed by atoms with Gasteiger partial charge in [-0.05, 0) is 6.92 Å². The number of amides is 2. The van der Waals surface area contributed by atoms with Gasteiger partial charge >= 0.3 is 11.9 Å². The van der Waals surface area contributed by atoms with Crippen molar-refractivity contribution in [1.82, 2.24) is 10.6 Å². The summed E-state index contributed by atoms with van der Waals surface area (Å²) >= 11 is 0. The average molecular weight is 382 g/mol. The minimum atomic E-state index is -1.12. The minimum Gasteiger partial charge on any atom is -0.480 e. The van der Waals surface area contributed by atoms with Crippen LogP contribution in [0.5, 0.6) is 0 Å². The van der Waals surface area contributed by atoms with Crippen molar-refractivity contribution >= 4 is 45.3 Å². The molecular weight excluding hydrogens is 360 g/mol. The van der Waals surface area contributed by atoms with Gasteiger partial charge in [-0.3, -0.25) is 14.4 Å². The first-order valence-corrected chi connectivity index (χ1v) is 9.46. The minimum absolute atomic E-state index is 0.149. The second-order valence-corrected chi connectivity index (χ2v) is 6.92. The Bertz CT molecular complexity index is 451. The van der Waals surface area contributed by atoms with Crippen LogP contribution in [0.15, 0.2) is 0 Å². The Kier molecular flexibility index (Phi) is 12.1. The van der Waals surface area contributed by atoms with Crippen LogP contribution in [0.2, 0.25) is 0 Å². The Morgan fingerprint density at radius 1 is 1.17 bits per heavy atom. The van der Waals surface area contributed by atoms with Crippen molar-refractivity contribution in [1.29, 1.82) is 0 Å². The molecule has 138 valence electrons. The molecule has 1 unspecified atom stereocenters. The first-order chi connectivity index (χ1) is 11.3. The Morgan fingerprint density at radius 3 is 2.33 bits per heavy atom. The van der Waals surface area contributed by atoms with E-state index in [9.17, 15) is 19.2 Å². The van der Waals surface area contributed by atoms with Crippen LogP contribution in [0.4, 0.5) is 0 Å². The molecule has 0 rings (SSSR count). The number of esters is 1. The third-order valence-corrected chi connectivity index (χ3v) is 4.87. The second-order valence-electron chi connectivity index (χ2n) is 4.37. The lowest BCUT2D eigenvalue weighted by atomic mass is 10.3. The van der Waals surface area contributed by atoms with Gasteiger partial charge in [0, 0.05) is 11.5 Å². The van der Waals surface area contributed by atoms with E-state index in [2.05, 4.69) is 10.6 Å². The van der Waals surface area contributed by atoms with Crippen LogP contribution in [-0.4, -0.2) is 72.1 Å². The Labute approximate surface area is 147 Å². The molecule has 0 saturated carbocycles. The average Bonchev–Trinajstić information content (AvgIpc) is 2.54. The number of hydrogen-bond donors (Lipinski definition) is 5. The largest absolute Gasteiger partial charge is 0.480 e. The van der Waals surface area contributed by atoms with E-state index in [0.717, 1.165) is 0 Å². The molecule has 0 bridgehead atoms. The first-order valence-electron chi connectivity index (χ1n) is 6.97. The van der Waals surface area contributed by atoms with Gasteiger partial charge in [0.2, 0.25) is 11.8 Å². The van der Waals surface area contributed by atoms with Gasteiger partial charge in [0.05, 0.1) is 19.7 Å². The maximum absolute atomic E-state index is 11.8. The molecule has 7 N–H and O–H groups in total. The summed E-state index contributed by atoms with van der Waals surface area (Å²) in [5.41, 5.74) is 10.5. The summed E-state index contributed by atoms with van der Waals surface area (Å²) in [5, 5.41) is 13.4. The molecule has 0 aliphatic carbocycles. The fourth-order valence-electron chi connectivity index (χ4n) is 1.22. The Balaban J connectivity index is 4.37. The van der Waals surface area contributed by atoms with Gasteiger partial charge in [0.1, 0.15) is 12.1 Å². The summed E-state index contributed by atoms with van der Waals surface area (Å²) in [6.45, 7) is 1.22. The van der Waals surface area contributed by atoms with Gasteiger partial charge in [-0.2, -0.15) is 0 Å². The van der Waals surface area contributed by atoms with Crippen molar-refractivity contribution < 1.29 is 29.0 Å². The third-order valence-electron chi connectivity index (χ3n) is 2.42. The molecule has 0 fully saturated rings. The van der Waals surface area contributed by atoms with Crippen LogP contribution >= 0.6 is 21.6 Å². The number of hydrogen-bond acceptors (Lipinski definition) is 9. The number of nitrogens with two attached hydrogens (primary N) is 2. The molecule has 24 heavy (non-hydrogen) atoms. The highest BCUT2D eigenvalue weighted by Crippen LogP contribution is 2.22. The molecule has 12 heteroatoms. The monoisotopic (exact) mass is 382 g/mol. The number of carbonyl (C=O) groups is 4. The van der Waals surface area contributed by atoms with Crippen LogP contribution in [0.25, 0.3) is 0 Å². The maximum Gasteiger partial charge on any atom is 0.329 e. The molecule has 0 aromatic rings. The van der Waals surface area contributed by atoms with E-state index < -0.39 is 35.8 Å². The molecule has 2 atom stereocenters.